The predicted molar refractivity (Wildman–Crippen MR) is 77.8 cm³/mol. The highest BCUT2D eigenvalue weighted by Crippen LogP contribution is 2.18. The summed E-state index contributed by atoms with van der Waals surface area (Å²) in [5.74, 6) is 1.18. The van der Waals surface area contributed by atoms with E-state index < -0.39 is 0 Å². The fraction of sp³-hybridized carbons (Fsp3) is 0.562. The van der Waals surface area contributed by atoms with Crippen LogP contribution in [0.3, 0.4) is 0 Å². The van der Waals surface area contributed by atoms with Gasteiger partial charge in [-0.1, -0.05) is 19.1 Å². The Labute approximate surface area is 120 Å². The van der Waals surface area contributed by atoms with Crippen LogP contribution in [0.15, 0.2) is 24.3 Å². The lowest BCUT2D eigenvalue weighted by Gasteiger charge is -2.13. The summed E-state index contributed by atoms with van der Waals surface area (Å²) < 4.78 is 10.6. The molecule has 1 aliphatic heterocycles. The van der Waals surface area contributed by atoms with Crippen molar-refractivity contribution in [2.45, 2.75) is 19.8 Å². The van der Waals surface area contributed by atoms with Crippen molar-refractivity contribution in [1.82, 2.24) is 5.32 Å². The molecule has 0 saturated carbocycles. The van der Waals surface area contributed by atoms with Crippen LogP contribution >= 0.6 is 0 Å². The summed E-state index contributed by atoms with van der Waals surface area (Å²) in [6, 6.07) is 7.97. The first-order valence-corrected chi connectivity index (χ1v) is 7.19. The maximum absolute atomic E-state index is 11.4. The van der Waals surface area contributed by atoms with Crippen LogP contribution in [0.2, 0.25) is 0 Å². The molecule has 1 saturated heterocycles. The average molecular weight is 277 g/mol. The monoisotopic (exact) mass is 277 g/mol. The molecule has 1 unspecified atom stereocenters. The Morgan fingerprint density at radius 3 is 3.05 bits per heavy atom. The highest BCUT2D eigenvalue weighted by atomic mass is 16.5. The van der Waals surface area contributed by atoms with Crippen LogP contribution in [0.1, 0.15) is 18.9 Å². The fourth-order valence-corrected chi connectivity index (χ4v) is 2.47. The summed E-state index contributed by atoms with van der Waals surface area (Å²) in [6.45, 7) is 4.76. The Hall–Kier alpha value is -1.55. The number of carbonyl (C=O) groups excluding carboxylic acids is 1. The van der Waals surface area contributed by atoms with E-state index in [1.807, 2.05) is 31.2 Å². The van der Waals surface area contributed by atoms with E-state index in [1.54, 1.807) is 0 Å². The van der Waals surface area contributed by atoms with Gasteiger partial charge < -0.3 is 14.8 Å². The minimum Gasteiger partial charge on any atom is -0.493 e. The van der Waals surface area contributed by atoms with Crippen molar-refractivity contribution in [3.05, 3.63) is 29.8 Å². The molecular weight excluding hydrogens is 254 g/mol. The third-order valence-electron chi connectivity index (χ3n) is 3.69. The summed E-state index contributed by atoms with van der Waals surface area (Å²) in [4.78, 5) is 11.4. The standard InChI is InChI=1S/C16H23NO3/c1-12(16(18)19-2)8-13-4-3-5-15(9-13)20-11-14-6-7-17-10-14/h3-5,9,12,14,17H,6-8,10-11H2,1-2H3/t12?,14-/m1/s1. The lowest BCUT2D eigenvalue weighted by atomic mass is 10.0. The third-order valence-corrected chi connectivity index (χ3v) is 3.69. The molecule has 0 aromatic heterocycles. The number of hydrogen-bond acceptors (Lipinski definition) is 4. The molecule has 1 heterocycles. The molecule has 0 radical (unpaired) electrons. The molecule has 110 valence electrons. The lowest BCUT2D eigenvalue weighted by Crippen LogP contribution is -2.16. The summed E-state index contributed by atoms with van der Waals surface area (Å²) >= 11 is 0. The molecular formula is C16H23NO3. The van der Waals surface area contributed by atoms with Crippen molar-refractivity contribution < 1.29 is 14.3 Å². The van der Waals surface area contributed by atoms with Crippen molar-refractivity contribution in [2.24, 2.45) is 11.8 Å². The van der Waals surface area contributed by atoms with Gasteiger partial charge in [0.2, 0.25) is 0 Å². The van der Waals surface area contributed by atoms with E-state index >= 15 is 0 Å². The number of rotatable bonds is 6. The Morgan fingerprint density at radius 2 is 2.35 bits per heavy atom. The maximum Gasteiger partial charge on any atom is 0.308 e. The molecule has 0 spiro atoms. The van der Waals surface area contributed by atoms with Crippen LogP contribution < -0.4 is 10.1 Å². The van der Waals surface area contributed by atoms with Gasteiger partial charge in [-0.25, -0.2) is 0 Å². The first kappa shape index (κ1) is 14.9. The Balaban J connectivity index is 1.88. The van der Waals surface area contributed by atoms with Crippen LogP contribution in [0, 0.1) is 11.8 Å². The van der Waals surface area contributed by atoms with Gasteiger partial charge in [-0.2, -0.15) is 0 Å². The van der Waals surface area contributed by atoms with Gasteiger partial charge in [0, 0.05) is 12.5 Å². The molecule has 2 rings (SSSR count). The predicted octanol–water partition coefficient (Wildman–Crippen LogP) is 2.03. The van der Waals surface area contributed by atoms with E-state index in [4.69, 9.17) is 9.47 Å². The molecule has 1 fully saturated rings. The number of ether oxygens (including phenoxy) is 2. The zero-order valence-corrected chi connectivity index (χ0v) is 12.2. The average Bonchev–Trinajstić information content (AvgIpc) is 2.98. The number of methoxy groups -OCH3 is 1. The number of nitrogens with one attached hydrogen (secondary N) is 1. The van der Waals surface area contributed by atoms with Crippen LogP contribution in [0.25, 0.3) is 0 Å². The first-order valence-electron chi connectivity index (χ1n) is 7.19. The van der Waals surface area contributed by atoms with Crippen molar-refractivity contribution in [1.29, 1.82) is 0 Å². The molecule has 0 amide bonds. The van der Waals surface area contributed by atoms with Crippen molar-refractivity contribution in [2.75, 3.05) is 26.8 Å². The number of esters is 1. The van der Waals surface area contributed by atoms with Crippen LogP contribution in [0.5, 0.6) is 5.75 Å². The highest BCUT2D eigenvalue weighted by molar-refractivity contribution is 5.72. The minimum atomic E-state index is -0.173. The van der Waals surface area contributed by atoms with E-state index in [0.717, 1.165) is 31.0 Å². The van der Waals surface area contributed by atoms with E-state index in [9.17, 15) is 4.79 Å². The van der Waals surface area contributed by atoms with E-state index in [2.05, 4.69) is 5.32 Å². The van der Waals surface area contributed by atoms with E-state index in [1.165, 1.54) is 13.5 Å². The second-order valence-corrected chi connectivity index (χ2v) is 5.45. The van der Waals surface area contributed by atoms with E-state index in [-0.39, 0.29) is 11.9 Å². The fourth-order valence-electron chi connectivity index (χ4n) is 2.47. The molecule has 4 heteroatoms. The number of hydrogen-bond donors (Lipinski definition) is 1. The minimum absolute atomic E-state index is 0.130. The molecule has 1 aromatic carbocycles. The van der Waals surface area contributed by atoms with Crippen molar-refractivity contribution in [3.8, 4) is 5.75 Å². The van der Waals surface area contributed by atoms with Gasteiger partial charge in [0.1, 0.15) is 5.75 Å². The zero-order chi connectivity index (χ0) is 14.4. The molecule has 4 nitrogen and oxygen atoms in total. The van der Waals surface area contributed by atoms with Gasteiger partial charge in [0.25, 0.3) is 0 Å². The first-order chi connectivity index (χ1) is 9.69. The van der Waals surface area contributed by atoms with Gasteiger partial charge >= 0.3 is 5.97 Å². The SMILES string of the molecule is COC(=O)C(C)Cc1cccc(OC[C@@H]2CCNC2)c1. The Morgan fingerprint density at radius 1 is 1.50 bits per heavy atom. The summed E-state index contributed by atoms with van der Waals surface area (Å²) in [5.41, 5.74) is 1.10. The van der Waals surface area contributed by atoms with Crippen LogP contribution in [-0.4, -0.2) is 32.8 Å². The van der Waals surface area contributed by atoms with Gasteiger partial charge in [0.05, 0.1) is 19.6 Å². The normalized spacial score (nSPS) is 19.6. The molecule has 0 bridgehead atoms. The topological polar surface area (TPSA) is 47.6 Å². The molecule has 1 aromatic rings. The number of carbonyl (C=O) groups is 1. The molecule has 20 heavy (non-hydrogen) atoms. The van der Waals surface area contributed by atoms with E-state index in [0.29, 0.717) is 12.3 Å². The second-order valence-electron chi connectivity index (χ2n) is 5.45. The highest BCUT2D eigenvalue weighted by Gasteiger charge is 2.16. The second kappa shape index (κ2) is 7.29. The quantitative estimate of drug-likeness (QED) is 0.808. The Kier molecular flexibility index (Phi) is 5.41. The van der Waals surface area contributed by atoms with Gasteiger partial charge in [-0.15, -0.1) is 0 Å². The largest absolute Gasteiger partial charge is 0.493 e. The lowest BCUT2D eigenvalue weighted by molar-refractivity contribution is -0.144. The number of benzene rings is 1. The molecule has 0 aliphatic carbocycles. The maximum atomic E-state index is 11.4. The van der Waals surface area contributed by atoms with Crippen LogP contribution in [-0.2, 0) is 16.0 Å². The van der Waals surface area contributed by atoms with Gasteiger partial charge in [-0.05, 0) is 37.1 Å². The Bertz CT molecular complexity index is 441. The summed E-state index contributed by atoms with van der Waals surface area (Å²) in [6.07, 6.45) is 1.86. The van der Waals surface area contributed by atoms with Gasteiger partial charge in [-0.3, -0.25) is 4.79 Å². The van der Waals surface area contributed by atoms with Gasteiger partial charge in [0.15, 0.2) is 0 Å². The van der Waals surface area contributed by atoms with Crippen molar-refractivity contribution >= 4 is 5.97 Å². The zero-order valence-electron chi connectivity index (χ0n) is 12.2. The summed E-state index contributed by atoms with van der Waals surface area (Å²) in [5, 5.41) is 3.33. The van der Waals surface area contributed by atoms with Crippen LogP contribution in [0.4, 0.5) is 0 Å². The molecule has 2 atom stereocenters. The molecule has 1 N–H and O–H groups in total. The third kappa shape index (κ3) is 4.23. The van der Waals surface area contributed by atoms with Crippen molar-refractivity contribution in [3.63, 3.8) is 0 Å². The molecule has 1 aliphatic rings. The summed E-state index contributed by atoms with van der Waals surface area (Å²) in [7, 11) is 1.42. The smallest absolute Gasteiger partial charge is 0.308 e.